The molecule has 170 valence electrons. The number of aliphatic hydroxyl groups excluding tert-OH is 1. The van der Waals surface area contributed by atoms with Gasteiger partial charge in [-0.05, 0) is 48.2 Å². The van der Waals surface area contributed by atoms with Gasteiger partial charge in [-0.15, -0.1) is 6.58 Å². The number of quaternary nitrogens is 1. The van der Waals surface area contributed by atoms with Crippen molar-refractivity contribution >= 4 is 17.2 Å². The second kappa shape index (κ2) is 8.40. The lowest BCUT2D eigenvalue weighted by molar-refractivity contribution is -0.985. The van der Waals surface area contributed by atoms with Crippen LogP contribution in [0.4, 0.5) is 0 Å². The standard InChI is InChI=1S/C28H30N2O3/c1-3-19-15-30(16-21-12-18(2)13-22(17-31)27(21)32)11-9-20(19)14-26(30)28(33)24-8-10-29-25-7-5-4-6-23(24)25/h3-8,10,12-13,17,19-20,26,28,33H,1,9,11,14-16H2,2H3/p+1. The molecule has 5 nitrogen and oxygen atoms in total. The first-order chi connectivity index (χ1) is 16.0. The van der Waals surface area contributed by atoms with E-state index in [1.165, 1.54) is 0 Å². The van der Waals surface area contributed by atoms with E-state index in [1.54, 1.807) is 12.3 Å². The van der Waals surface area contributed by atoms with Gasteiger partial charge in [0.2, 0.25) is 0 Å². The van der Waals surface area contributed by atoms with Crippen molar-refractivity contribution in [2.45, 2.75) is 38.5 Å². The molecule has 5 heteroatoms. The molecule has 5 atom stereocenters. The molecule has 2 N–H and O–H groups in total. The van der Waals surface area contributed by atoms with E-state index in [-0.39, 0.29) is 11.8 Å². The summed E-state index contributed by atoms with van der Waals surface area (Å²) in [4.78, 5) is 16.0. The number of phenolic OH excluding ortho intramolecular Hbond substituents is 1. The number of hydrogen-bond donors (Lipinski definition) is 2. The summed E-state index contributed by atoms with van der Waals surface area (Å²) in [7, 11) is 0. The Morgan fingerprint density at radius 3 is 2.88 bits per heavy atom. The zero-order chi connectivity index (χ0) is 23.2. The molecule has 3 aliphatic heterocycles. The normalized spacial score (nSPS) is 27.4. The van der Waals surface area contributed by atoms with Crippen molar-refractivity contribution in [1.29, 1.82) is 0 Å². The topological polar surface area (TPSA) is 70.4 Å². The third kappa shape index (κ3) is 3.65. The Morgan fingerprint density at radius 2 is 2.09 bits per heavy atom. The molecule has 0 amide bonds. The van der Waals surface area contributed by atoms with E-state index < -0.39 is 6.10 Å². The molecule has 3 aromatic rings. The lowest BCUT2D eigenvalue weighted by Crippen LogP contribution is -2.67. The van der Waals surface area contributed by atoms with Crippen molar-refractivity contribution in [2.75, 3.05) is 13.1 Å². The third-order valence-corrected chi connectivity index (χ3v) is 8.02. The number of carbonyl (C=O) groups is 1. The maximum Gasteiger partial charge on any atom is 0.153 e. The van der Waals surface area contributed by atoms with E-state index in [2.05, 4.69) is 17.6 Å². The predicted molar refractivity (Wildman–Crippen MR) is 129 cm³/mol. The molecule has 0 spiro atoms. The number of carbonyl (C=O) groups excluding carboxylic acids is 1. The number of fused-ring (bicyclic) bond motifs is 4. The minimum Gasteiger partial charge on any atom is -0.507 e. The number of nitrogens with zero attached hydrogens (tertiary/aromatic N) is 2. The Hall–Kier alpha value is -3.02. The highest BCUT2D eigenvalue weighted by atomic mass is 16.3. The largest absolute Gasteiger partial charge is 0.507 e. The molecule has 0 saturated carbocycles. The number of aryl methyl sites for hydroxylation is 1. The van der Waals surface area contributed by atoms with Crippen LogP contribution in [0.5, 0.6) is 5.75 Å². The van der Waals surface area contributed by atoms with E-state index in [1.807, 2.05) is 43.3 Å². The highest BCUT2D eigenvalue weighted by Crippen LogP contribution is 2.48. The first kappa shape index (κ1) is 21.8. The molecule has 2 aromatic carbocycles. The molecular weight excluding hydrogens is 412 g/mol. The summed E-state index contributed by atoms with van der Waals surface area (Å²) in [5, 5.41) is 23.6. The fourth-order valence-corrected chi connectivity index (χ4v) is 6.40. The van der Waals surface area contributed by atoms with Gasteiger partial charge in [0.15, 0.2) is 6.29 Å². The Kier molecular flexibility index (Phi) is 5.55. The summed E-state index contributed by atoms with van der Waals surface area (Å²) in [5.41, 5.74) is 3.84. The van der Waals surface area contributed by atoms with Gasteiger partial charge in [-0.3, -0.25) is 9.78 Å². The van der Waals surface area contributed by atoms with Gasteiger partial charge >= 0.3 is 0 Å². The highest BCUT2D eigenvalue weighted by molar-refractivity contribution is 5.82. The smallest absolute Gasteiger partial charge is 0.153 e. The summed E-state index contributed by atoms with van der Waals surface area (Å²) in [6.07, 6.45) is 5.89. The average molecular weight is 444 g/mol. The minimum atomic E-state index is -0.649. The van der Waals surface area contributed by atoms with Gasteiger partial charge in [-0.1, -0.05) is 24.3 Å². The van der Waals surface area contributed by atoms with Crippen LogP contribution >= 0.6 is 0 Å². The highest BCUT2D eigenvalue weighted by Gasteiger charge is 2.54. The Labute approximate surface area is 194 Å². The third-order valence-electron chi connectivity index (χ3n) is 8.02. The average Bonchev–Trinajstić information content (AvgIpc) is 2.85. The minimum absolute atomic E-state index is 0.00894. The van der Waals surface area contributed by atoms with Crippen LogP contribution in [-0.2, 0) is 6.54 Å². The van der Waals surface area contributed by atoms with Gasteiger partial charge in [0.05, 0.1) is 24.2 Å². The number of piperidine rings is 3. The van der Waals surface area contributed by atoms with E-state index in [9.17, 15) is 15.0 Å². The first-order valence-corrected chi connectivity index (χ1v) is 11.7. The summed E-state index contributed by atoms with van der Waals surface area (Å²) in [6, 6.07) is 13.6. The number of pyridine rings is 1. The number of aliphatic hydroxyl groups is 1. The number of hydrogen-bond acceptors (Lipinski definition) is 4. The molecule has 0 aliphatic carbocycles. The Morgan fingerprint density at radius 1 is 1.27 bits per heavy atom. The number of phenols is 1. The van der Waals surface area contributed by atoms with Crippen LogP contribution in [0.25, 0.3) is 10.9 Å². The number of para-hydroxylation sites is 1. The van der Waals surface area contributed by atoms with Gasteiger partial charge in [0.25, 0.3) is 0 Å². The number of aldehydes is 1. The maximum atomic E-state index is 11.8. The van der Waals surface area contributed by atoms with Crippen molar-refractivity contribution in [3.8, 4) is 5.75 Å². The van der Waals surface area contributed by atoms with Crippen LogP contribution in [0.15, 0.2) is 61.3 Å². The predicted octanol–water partition coefficient (Wildman–Crippen LogP) is 4.71. The van der Waals surface area contributed by atoms with E-state index >= 15 is 0 Å². The molecule has 0 radical (unpaired) electrons. The fourth-order valence-electron chi connectivity index (χ4n) is 6.40. The molecule has 2 bridgehead atoms. The number of aromatic hydroxyl groups is 1. The monoisotopic (exact) mass is 443 g/mol. The lowest BCUT2D eigenvalue weighted by Gasteiger charge is -2.58. The fraction of sp³-hybridized carbons (Fsp3) is 0.357. The van der Waals surface area contributed by atoms with Gasteiger partial charge in [0.1, 0.15) is 24.4 Å². The van der Waals surface area contributed by atoms with Gasteiger partial charge in [0, 0.05) is 35.9 Å². The van der Waals surface area contributed by atoms with Crippen molar-refractivity contribution < 1.29 is 19.5 Å². The zero-order valence-corrected chi connectivity index (χ0v) is 19.0. The van der Waals surface area contributed by atoms with E-state index in [0.29, 0.717) is 28.4 Å². The van der Waals surface area contributed by atoms with Crippen LogP contribution in [0.2, 0.25) is 0 Å². The lowest BCUT2D eigenvalue weighted by atomic mass is 9.71. The summed E-state index contributed by atoms with van der Waals surface area (Å²) in [5.74, 6) is 0.953. The summed E-state index contributed by atoms with van der Waals surface area (Å²) < 4.78 is 0.681. The van der Waals surface area contributed by atoms with Crippen LogP contribution in [-0.4, -0.2) is 45.1 Å². The summed E-state index contributed by atoms with van der Waals surface area (Å²) >= 11 is 0. The van der Waals surface area contributed by atoms with E-state index in [4.69, 9.17) is 0 Å². The summed E-state index contributed by atoms with van der Waals surface area (Å²) in [6.45, 7) is 8.43. The van der Waals surface area contributed by atoms with Gasteiger partial charge < -0.3 is 14.7 Å². The number of rotatable bonds is 6. The quantitative estimate of drug-likeness (QED) is 0.329. The second-order valence-corrected chi connectivity index (χ2v) is 9.88. The van der Waals surface area contributed by atoms with Crippen molar-refractivity contribution in [3.63, 3.8) is 0 Å². The molecule has 4 heterocycles. The zero-order valence-electron chi connectivity index (χ0n) is 19.0. The number of benzene rings is 2. The molecule has 5 unspecified atom stereocenters. The Balaban J connectivity index is 1.59. The van der Waals surface area contributed by atoms with Gasteiger partial charge in [-0.25, -0.2) is 0 Å². The van der Waals surface area contributed by atoms with E-state index in [0.717, 1.165) is 59.8 Å². The molecule has 3 saturated heterocycles. The second-order valence-electron chi connectivity index (χ2n) is 9.88. The van der Waals surface area contributed by atoms with Crippen molar-refractivity contribution in [3.05, 3.63) is 83.6 Å². The van der Waals surface area contributed by atoms with Crippen LogP contribution in [0.1, 0.15) is 46.0 Å². The molecule has 1 aromatic heterocycles. The number of aromatic nitrogens is 1. The first-order valence-electron chi connectivity index (χ1n) is 11.7. The molecule has 6 rings (SSSR count). The van der Waals surface area contributed by atoms with Crippen LogP contribution < -0.4 is 0 Å². The van der Waals surface area contributed by atoms with Crippen LogP contribution in [0, 0.1) is 18.8 Å². The van der Waals surface area contributed by atoms with Gasteiger partial charge in [-0.2, -0.15) is 0 Å². The van der Waals surface area contributed by atoms with Crippen molar-refractivity contribution in [1.82, 2.24) is 4.98 Å². The maximum absolute atomic E-state index is 11.8. The Bertz CT molecular complexity index is 1220. The SMILES string of the molecule is C=CC1C[N+]2(Cc3cc(C)cc(C=O)c3O)CCC1CC2C(O)c1ccnc2ccccc12. The van der Waals surface area contributed by atoms with Crippen molar-refractivity contribution in [2.24, 2.45) is 11.8 Å². The molecule has 3 aliphatic rings. The molecule has 3 fully saturated rings. The molecular formula is C28H31N2O3+. The van der Waals surface area contributed by atoms with Crippen LogP contribution in [0.3, 0.4) is 0 Å². The molecule has 33 heavy (non-hydrogen) atoms.